The third-order valence-corrected chi connectivity index (χ3v) is 8.99. The molecule has 0 unspecified atom stereocenters. The van der Waals surface area contributed by atoms with Crippen LogP contribution in [0.2, 0.25) is 0 Å². The highest BCUT2D eigenvalue weighted by Crippen LogP contribution is 2.50. The highest BCUT2D eigenvalue weighted by molar-refractivity contribution is 7.19. The Kier molecular flexibility index (Phi) is 5.41. The van der Waals surface area contributed by atoms with Crippen LogP contribution in [-0.2, 0) is 0 Å². The fraction of sp³-hybridized carbons (Fsp3) is 0.0625. The summed E-state index contributed by atoms with van der Waals surface area (Å²) in [5.74, 6) is 0. The summed E-state index contributed by atoms with van der Waals surface area (Å²) < 4.78 is 0. The summed E-state index contributed by atoms with van der Waals surface area (Å²) in [4.78, 5) is 5.36. The highest BCUT2D eigenvalue weighted by Gasteiger charge is 2.22. The molecule has 4 aromatic rings. The molecule has 0 bridgehead atoms. The lowest BCUT2D eigenvalue weighted by molar-refractivity contribution is 1.54. The van der Waals surface area contributed by atoms with Crippen molar-refractivity contribution in [3.05, 3.63) is 120 Å². The monoisotopic (exact) mass is 472 g/mol. The predicted molar refractivity (Wildman–Crippen MR) is 150 cm³/mol. The van der Waals surface area contributed by atoms with E-state index in [0.717, 1.165) is 0 Å². The number of rotatable bonds is 4. The number of hydrogen-bond donors (Lipinski definition) is 0. The first-order chi connectivity index (χ1) is 16.7. The third-order valence-electron chi connectivity index (χ3n) is 6.35. The SMILES string of the molecule is Cc1cc(-c2ccccc2)sc1-c1cc(-c2sc(-c3ccccc3)cc2C)c2cccccc1-2. The number of benzene rings is 2. The summed E-state index contributed by atoms with van der Waals surface area (Å²) in [5, 5.41) is 0. The Labute approximate surface area is 209 Å². The first kappa shape index (κ1) is 21.1. The Balaban J connectivity index is 1.52. The zero-order valence-electron chi connectivity index (χ0n) is 19.2. The average Bonchev–Trinajstić information content (AvgIpc) is 3.49. The molecule has 0 saturated carbocycles. The van der Waals surface area contributed by atoms with Crippen LogP contribution < -0.4 is 0 Å². The van der Waals surface area contributed by atoms with Crippen molar-refractivity contribution in [1.29, 1.82) is 0 Å². The van der Waals surface area contributed by atoms with Crippen molar-refractivity contribution in [3.8, 4) is 52.9 Å². The number of thiophene rings is 2. The molecule has 0 N–H and O–H groups in total. The second-order valence-corrected chi connectivity index (χ2v) is 10.8. The molecule has 0 spiro atoms. The maximum atomic E-state index is 2.42. The zero-order chi connectivity index (χ0) is 23.1. The summed E-state index contributed by atoms with van der Waals surface area (Å²) in [5.41, 5.74) is 10.5. The maximum absolute atomic E-state index is 2.42. The standard InChI is InChI=1S/C32H24S2/c1-21-18-29(23-12-6-3-7-13-23)33-31(21)27-20-28(26-17-11-5-10-16-25(26)27)32-22(2)19-30(34-32)24-14-8-4-9-15-24/h3-20H,1-2H3. The molecule has 2 heterocycles. The molecule has 6 rings (SSSR count). The van der Waals surface area contributed by atoms with Crippen molar-refractivity contribution in [2.75, 3.05) is 0 Å². The molecule has 0 aliphatic heterocycles. The van der Waals surface area contributed by atoms with E-state index in [1.165, 1.54) is 64.0 Å². The van der Waals surface area contributed by atoms with Crippen LogP contribution in [0.5, 0.6) is 0 Å². The first-order valence-corrected chi connectivity index (χ1v) is 13.2. The van der Waals surface area contributed by atoms with Crippen LogP contribution in [0.1, 0.15) is 11.1 Å². The van der Waals surface area contributed by atoms with Gasteiger partial charge in [-0.05, 0) is 65.4 Å². The van der Waals surface area contributed by atoms with Gasteiger partial charge in [-0.1, -0.05) is 91.0 Å². The quantitative estimate of drug-likeness (QED) is 0.239. The number of aryl methyl sites for hydroxylation is 2. The van der Waals surface area contributed by atoms with Crippen LogP contribution in [0.4, 0.5) is 0 Å². The van der Waals surface area contributed by atoms with Gasteiger partial charge in [0.2, 0.25) is 0 Å². The molecule has 0 atom stereocenters. The van der Waals surface area contributed by atoms with Gasteiger partial charge in [-0.15, -0.1) is 22.7 Å². The van der Waals surface area contributed by atoms with Crippen LogP contribution in [0.3, 0.4) is 0 Å². The predicted octanol–water partition coefficient (Wildman–Crippen LogP) is 10.2. The third kappa shape index (κ3) is 3.69. The Morgan fingerprint density at radius 2 is 0.794 bits per heavy atom. The summed E-state index contributed by atoms with van der Waals surface area (Å²) in [6, 6.07) is 39.5. The van der Waals surface area contributed by atoms with Crippen LogP contribution >= 0.6 is 22.7 Å². The van der Waals surface area contributed by atoms with Gasteiger partial charge < -0.3 is 0 Å². The topological polar surface area (TPSA) is 0 Å². The van der Waals surface area contributed by atoms with E-state index in [1.54, 1.807) is 0 Å². The Bertz CT molecular complexity index is 1440. The Hall–Kier alpha value is -3.46. The van der Waals surface area contributed by atoms with E-state index >= 15 is 0 Å². The minimum atomic E-state index is 1.28. The molecular weight excluding hydrogens is 448 g/mol. The first-order valence-electron chi connectivity index (χ1n) is 11.5. The average molecular weight is 473 g/mol. The largest absolute Gasteiger partial charge is 0.135 e. The lowest BCUT2D eigenvalue weighted by Gasteiger charge is -2.02. The van der Waals surface area contributed by atoms with Crippen LogP contribution in [-0.4, -0.2) is 0 Å². The second kappa shape index (κ2) is 8.72. The lowest BCUT2D eigenvalue weighted by Crippen LogP contribution is -1.76. The smallest absolute Gasteiger partial charge is 0.0385 e. The van der Waals surface area contributed by atoms with Crippen LogP contribution in [0.25, 0.3) is 52.9 Å². The van der Waals surface area contributed by atoms with Crippen molar-refractivity contribution in [2.24, 2.45) is 0 Å². The van der Waals surface area contributed by atoms with Crippen molar-refractivity contribution < 1.29 is 0 Å². The Morgan fingerprint density at radius 1 is 0.412 bits per heavy atom. The molecule has 2 aromatic heterocycles. The van der Waals surface area contributed by atoms with E-state index < -0.39 is 0 Å². The molecule has 0 fully saturated rings. The Morgan fingerprint density at radius 3 is 1.21 bits per heavy atom. The fourth-order valence-corrected chi connectivity index (χ4v) is 7.10. The van der Waals surface area contributed by atoms with Gasteiger partial charge in [-0.2, -0.15) is 0 Å². The number of fused-ring (bicyclic) bond motifs is 1. The molecule has 2 aliphatic carbocycles. The minimum Gasteiger partial charge on any atom is -0.135 e. The summed E-state index contributed by atoms with van der Waals surface area (Å²) in [7, 11) is 0. The van der Waals surface area contributed by atoms with Gasteiger partial charge in [0.05, 0.1) is 0 Å². The zero-order valence-corrected chi connectivity index (χ0v) is 20.8. The molecule has 2 heteroatoms. The fourth-order valence-electron chi connectivity index (χ4n) is 4.68. The molecule has 2 aliphatic rings. The van der Waals surface area contributed by atoms with E-state index in [0.29, 0.717) is 0 Å². The van der Waals surface area contributed by atoms with Gasteiger partial charge in [-0.25, -0.2) is 0 Å². The maximum Gasteiger partial charge on any atom is 0.0385 e. The van der Waals surface area contributed by atoms with Crippen LogP contribution in [0.15, 0.2) is 109 Å². The molecular formula is C32H24S2. The van der Waals surface area contributed by atoms with E-state index in [9.17, 15) is 0 Å². The van der Waals surface area contributed by atoms with Gasteiger partial charge in [0.25, 0.3) is 0 Å². The van der Waals surface area contributed by atoms with Crippen molar-refractivity contribution >= 4 is 22.7 Å². The molecule has 0 amide bonds. The van der Waals surface area contributed by atoms with Crippen molar-refractivity contribution in [1.82, 2.24) is 0 Å². The van der Waals surface area contributed by atoms with Crippen molar-refractivity contribution in [3.63, 3.8) is 0 Å². The lowest BCUT2D eigenvalue weighted by atomic mass is 10.0. The molecule has 2 aromatic carbocycles. The van der Waals surface area contributed by atoms with Crippen molar-refractivity contribution in [2.45, 2.75) is 13.8 Å². The number of hydrogen-bond acceptors (Lipinski definition) is 2. The normalized spacial score (nSPS) is 11.2. The summed E-state index contributed by atoms with van der Waals surface area (Å²) in [6.45, 7) is 4.48. The molecule has 0 saturated heterocycles. The molecule has 0 radical (unpaired) electrons. The summed E-state index contributed by atoms with van der Waals surface area (Å²) in [6.07, 6.45) is 0. The minimum absolute atomic E-state index is 1.28. The van der Waals surface area contributed by atoms with E-state index in [2.05, 4.69) is 123 Å². The molecule has 164 valence electrons. The van der Waals surface area contributed by atoms with Gasteiger partial charge in [0.15, 0.2) is 0 Å². The van der Waals surface area contributed by atoms with E-state index in [-0.39, 0.29) is 0 Å². The second-order valence-electron chi connectivity index (χ2n) is 8.69. The van der Waals surface area contributed by atoms with Gasteiger partial charge >= 0.3 is 0 Å². The van der Waals surface area contributed by atoms with Crippen LogP contribution in [0, 0.1) is 13.8 Å². The summed E-state index contributed by atoms with van der Waals surface area (Å²) >= 11 is 3.79. The van der Waals surface area contributed by atoms with Gasteiger partial charge in [0, 0.05) is 30.6 Å². The van der Waals surface area contributed by atoms with Gasteiger partial charge in [-0.3, -0.25) is 0 Å². The van der Waals surface area contributed by atoms with Gasteiger partial charge in [0.1, 0.15) is 0 Å². The molecule has 34 heavy (non-hydrogen) atoms. The molecule has 0 nitrogen and oxygen atoms in total. The van der Waals surface area contributed by atoms with E-state index in [1.807, 2.05) is 22.7 Å². The van der Waals surface area contributed by atoms with E-state index in [4.69, 9.17) is 0 Å². The highest BCUT2D eigenvalue weighted by atomic mass is 32.1.